The molecule has 1 heterocycles. The van der Waals surface area contributed by atoms with Gasteiger partial charge in [0.2, 0.25) is 10.0 Å². The number of carbonyl (C=O) groups excluding carboxylic acids is 1. The van der Waals surface area contributed by atoms with E-state index < -0.39 is 15.9 Å². The molecule has 0 spiro atoms. The monoisotopic (exact) mass is 585 g/mol. The molecule has 0 aliphatic carbocycles. The molecule has 0 fully saturated rings. The summed E-state index contributed by atoms with van der Waals surface area (Å²) < 4.78 is 29.3. The Labute approximate surface area is 244 Å². The maximum absolute atomic E-state index is 11.5. The molecular weight excluding hydrogens is 542 g/mol. The predicted octanol–water partition coefficient (Wildman–Crippen LogP) is 3.44. The first-order valence-electron chi connectivity index (χ1n) is 13.6. The summed E-state index contributed by atoms with van der Waals surface area (Å²) >= 11 is 0. The number of anilines is 1. The number of benzene rings is 2. The van der Waals surface area contributed by atoms with E-state index in [0.29, 0.717) is 6.61 Å². The maximum Gasteiger partial charge on any atom is 0.259 e. The molecule has 0 bridgehead atoms. The van der Waals surface area contributed by atoms with Crippen LogP contribution in [0, 0.1) is 0 Å². The van der Waals surface area contributed by atoms with Gasteiger partial charge in [0.1, 0.15) is 12.4 Å². The number of sulfonamides is 1. The number of amides is 1. The Kier molecular flexibility index (Phi) is 14.4. The van der Waals surface area contributed by atoms with Crippen LogP contribution in [0.3, 0.4) is 0 Å². The fourth-order valence-corrected chi connectivity index (χ4v) is 4.32. The van der Waals surface area contributed by atoms with Crippen molar-refractivity contribution >= 4 is 21.7 Å². The molecule has 1 amide bonds. The third-order valence-electron chi connectivity index (χ3n) is 5.79. The van der Waals surface area contributed by atoms with Gasteiger partial charge in [-0.3, -0.25) is 14.5 Å². The number of aliphatic hydroxyl groups is 1. The molecule has 3 aromatic rings. The number of hydrogen-bond donors (Lipinski definition) is 2. The van der Waals surface area contributed by atoms with E-state index in [2.05, 4.69) is 18.7 Å². The van der Waals surface area contributed by atoms with Crippen LogP contribution in [0.2, 0.25) is 0 Å². The minimum absolute atomic E-state index is 0.206. The molecular formula is C30H43N5O5S. The van der Waals surface area contributed by atoms with Crippen LogP contribution in [-0.2, 0) is 19.6 Å². The third kappa shape index (κ3) is 12.8. The van der Waals surface area contributed by atoms with E-state index in [4.69, 9.17) is 19.8 Å². The summed E-state index contributed by atoms with van der Waals surface area (Å²) in [6.07, 6.45) is 4.29. The number of rotatable bonds is 14. The molecule has 0 atom stereocenters. The first-order chi connectivity index (χ1) is 19.5. The predicted molar refractivity (Wildman–Crippen MR) is 164 cm³/mol. The van der Waals surface area contributed by atoms with Gasteiger partial charge in [0, 0.05) is 36.9 Å². The molecule has 3 rings (SSSR count). The van der Waals surface area contributed by atoms with Crippen LogP contribution in [0.4, 0.5) is 5.82 Å². The van der Waals surface area contributed by atoms with Crippen LogP contribution in [0.15, 0.2) is 66.9 Å². The van der Waals surface area contributed by atoms with Crippen molar-refractivity contribution in [2.45, 2.75) is 32.7 Å². The lowest BCUT2D eigenvalue weighted by atomic mass is 10.0. The van der Waals surface area contributed by atoms with Crippen molar-refractivity contribution in [2.75, 3.05) is 58.2 Å². The first-order valence-corrected chi connectivity index (χ1v) is 15.5. The van der Waals surface area contributed by atoms with Crippen LogP contribution in [0.25, 0.3) is 22.5 Å². The zero-order chi connectivity index (χ0) is 30.3. The standard InChI is InChI=1S/C26H32N4O4S.C4H11NO/c1-20(2)30(16-10-11-17-34-19-24(31)29-35(3,32)33)23-18-27-25(21-12-6-4-7-13-21)26(28-23)22-14-8-5-9-15-22;1-5(2)3-4-6/h4-9,12-15,18,20H,10-11,16-17,19H2,1-3H3,(H,29,31);6H,3-4H2,1-2H3. The number of ether oxygens (including phenoxy) is 1. The smallest absolute Gasteiger partial charge is 0.259 e. The second-order valence-corrected chi connectivity index (χ2v) is 11.8. The molecule has 0 unspecified atom stereocenters. The van der Waals surface area contributed by atoms with Gasteiger partial charge in [-0.15, -0.1) is 0 Å². The number of aromatic nitrogens is 2. The summed E-state index contributed by atoms with van der Waals surface area (Å²) in [6, 6.07) is 20.3. The van der Waals surface area contributed by atoms with E-state index >= 15 is 0 Å². The van der Waals surface area contributed by atoms with Crippen LogP contribution < -0.4 is 9.62 Å². The van der Waals surface area contributed by atoms with Gasteiger partial charge >= 0.3 is 0 Å². The van der Waals surface area contributed by atoms with E-state index in [1.165, 1.54) is 0 Å². The highest BCUT2D eigenvalue weighted by atomic mass is 32.2. The highest BCUT2D eigenvalue weighted by Crippen LogP contribution is 2.31. The zero-order valence-corrected chi connectivity index (χ0v) is 25.5. The number of unbranched alkanes of at least 4 members (excludes halogenated alkanes) is 1. The van der Waals surface area contributed by atoms with Crippen LogP contribution >= 0.6 is 0 Å². The fourth-order valence-electron chi connectivity index (χ4n) is 3.85. The molecule has 0 saturated carbocycles. The van der Waals surface area contributed by atoms with Crippen LogP contribution in [-0.4, -0.2) is 93.6 Å². The molecule has 2 aromatic carbocycles. The summed E-state index contributed by atoms with van der Waals surface area (Å²) in [4.78, 5) is 25.5. The number of carbonyl (C=O) groups is 1. The lowest BCUT2D eigenvalue weighted by Crippen LogP contribution is -2.33. The molecule has 0 aliphatic rings. The van der Waals surface area contributed by atoms with E-state index in [0.717, 1.165) is 60.5 Å². The summed E-state index contributed by atoms with van der Waals surface area (Å²) in [5, 5.41) is 8.20. The largest absolute Gasteiger partial charge is 0.395 e. The van der Waals surface area contributed by atoms with Crippen molar-refractivity contribution in [1.82, 2.24) is 19.6 Å². The van der Waals surface area contributed by atoms with Crippen molar-refractivity contribution in [1.29, 1.82) is 0 Å². The molecule has 10 nitrogen and oxygen atoms in total. The Morgan fingerprint density at radius 3 is 2.02 bits per heavy atom. The van der Waals surface area contributed by atoms with E-state index in [-0.39, 0.29) is 19.3 Å². The minimum Gasteiger partial charge on any atom is -0.395 e. The van der Waals surface area contributed by atoms with Crippen LogP contribution in [0.5, 0.6) is 0 Å². The fraction of sp³-hybridized carbons (Fsp3) is 0.433. The van der Waals surface area contributed by atoms with Gasteiger partial charge in [-0.1, -0.05) is 60.7 Å². The molecule has 0 saturated heterocycles. The Balaban J connectivity index is 0.000000883. The SMILES string of the molecule is CC(C)N(CCCCOCC(=O)NS(C)(=O)=O)c1cnc(-c2ccccc2)c(-c2ccccc2)n1.CN(C)CCO. The number of nitrogens with one attached hydrogen (secondary N) is 1. The van der Waals surface area contributed by atoms with Gasteiger partial charge < -0.3 is 19.6 Å². The molecule has 0 aliphatic heterocycles. The van der Waals surface area contributed by atoms with Crippen molar-refractivity contribution in [3.05, 3.63) is 66.9 Å². The topological polar surface area (TPSA) is 125 Å². The summed E-state index contributed by atoms with van der Waals surface area (Å²) in [7, 11) is 0.288. The lowest BCUT2D eigenvalue weighted by molar-refractivity contribution is -0.123. The second-order valence-electron chi connectivity index (χ2n) is 10.0. The average Bonchev–Trinajstić information content (AvgIpc) is 2.92. The van der Waals surface area contributed by atoms with Gasteiger partial charge in [-0.25, -0.2) is 13.4 Å². The summed E-state index contributed by atoms with van der Waals surface area (Å²) in [5.74, 6) is 0.130. The highest BCUT2D eigenvalue weighted by Gasteiger charge is 2.17. The normalized spacial score (nSPS) is 11.2. The average molecular weight is 586 g/mol. The number of likely N-dealkylation sites (N-methyl/N-ethyl adjacent to an activating group) is 1. The van der Waals surface area contributed by atoms with Crippen LogP contribution in [0.1, 0.15) is 26.7 Å². The lowest BCUT2D eigenvalue weighted by Gasteiger charge is -2.28. The number of aliphatic hydroxyl groups excluding tert-OH is 1. The van der Waals surface area contributed by atoms with Gasteiger partial charge in [0.25, 0.3) is 5.91 Å². The molecule has 2 N–H and O–H groups in total. The summed E-state index contributed by atoms with van der Waals surface area (Å²) in [5.41, 5.74) is 3.69. The van der Waals surface area contributed by atoms with Gasteiger partial charge in [0.05, 0.1) is 30.4 Å². The minimum atomic E-state index is -3.57. The Bertz CT molecular complexity index is 1290. The van der Waals surface area contributed by atoms with Crippen molar-refractivity contribution < 1.29 is 23.1 Å². The highest BCUT2D eigenvalue weighted by molar-refractivity contribution is 7.89. The summed E-state index contributed by atoms with van der Waals surface area (Å²) in [6.45, 7) is 6.06. The van der Waals surface area contributed by atoms with Crippen molar-refractivity contribution in [2.24, 2.45) is 0 Å². The van der Waals surface area contributed by atoms with Gasteiger partial charge in [0.15, 0.2) is 0 Å². The first kappa shape index (κ1) is 33.8. The third-order valence-corrected chi connectivity index (χ3v) is 6.39. The maximum atomic E-state index is 11.5. The van der Waals surface area contributed by atoms with Gasteiger partial charge in [-0.05, 0) is 40.8 Å². The molecule has 1 aromatic heterocycles. The molecule has 0 radical (unpaired) electrons. The van der Waals surface area contributed by atoms with Crippen molar-refractivity contribution in [3.63, 3.8) is 0 Å². The second kappa shape index (κ2) is 17.4. The van der Waals surface area contributed by atoms with Gasteiger partial charge in [-0.2, -0.15) is 0 Å². The number of nitrogens with zero attached hydrogens (tertiary/aromatic N) is 4. The Morgan fingerprint density at radius 2 is 1.54 bits per heavy atom. The zero-order valence-electron chi connectivity index (χ0n) is 24.7. The van der Waals surface area contributed by atoms with E-state index in [1.807, 2.05) is 90.6 Å². The quantitative estimate of drug-likeness (QED) is 0.274. The van der Waals surface area contributed by atoms with Crippen molar-refractivity contribution in [3.8, 4) is 22.5 Å². The Hall–Kier alpha value is -3.38. The van der Waals surface area contributed by atoms with E-state index in [1.54, 1.807) is 0 Å². The Morgan fingerprint density at radius 1 is 0.951 bits per heavy atom. The number of hydrogen-bond acceptors (Lipinski definition) is 9. The molecule has 224 valence electrons. The molecule has 11 heteroatoms. The molecule has 41 heavy (non-hydrogen) atoms. The van der Waals surface area contributed by atoms with E-state index in [9.17, 15) is 13.2 Å².